The van der Waals surface area contributed by atoms with Gasteiger partial charge in [0.25, 0.3) is 11.5 Å². The summed E-state index contributed by atoms with van der Waals surface area (Å²) >= 11 is 0. The molecule has 8 heteroatoms. The first-order valence-electron chi connectivity index (χ1n) is 11.0. The van der Waals surface area contributed by atoms with E-state index < -0.39 is 6.10 Å². The Bertz CT molecular complexity index is 1090. The molecule has 1 amide bonds. The predicted molar refractivity (Wildman–Crippen MR) is 126 cm³/mol. The fourth-order valence-corrected chi connectivity index (χ4v) is 3.12. The van der Waals surface area contributed by atoms with E-state index in [-0.39, 0.29) is 24.6 Å². The van der Waals surface area contributed by atoms with Gasteiger partial charge in [0.15, 0.2) is 6.10 Å². The molecule has 0 radical (unpaired) electrons. The minimum Gasteiger partial charge on any atom is -0.494 e. The number of nitrogens with zero attached hydrogens (tertiary/aromatic N) is 2. The number of carbonyl (C=O) groups is 1. The highest BCUT2D eigenvalue weighted by atomic mass is 16.5. The van der Waals surface area contributed by atoms with Crippen LogP contribution in [0.1, 0.15) is 20.8 Å². The molecule has 3 aromatic rings. The van der Waals surface area contributed by atoms with Gasteiger partial charge in [-0.1, -0.05) is 0 Å². The van der Waals surface area contributed by atoms with Gasteiger partial charge in [-0.25, -0.2) is 4.68 Å². The minimum absolute atomic E-state index is 0.238. The van der Waals surface area contributed by atoms with Gasteiger partial charge in [0.1, 0.15) is 17.2 Å². The number of carbonyl (C=O) groups excluding carboxylic acids is 1. The normalized spacial score (nSPS) is 11.5. The van der Waals surface area contributed by atoms with Crippen LogP contribution in [-0.4, -0.2) is 41.6 Å². The van der Waals surface area contributed by atoms with Crippen molar-refractivity contribution in [2.45, 2.75) is 33.4 Å². The first-order valence-corrected chi connectivity index (χ1v) is 11.0. The molecular weight excluding hydrogens is 422 g/mol. The number of hydrogen-bond donors (Lipinski definition) is 1. The Morgan fingerprint density at radius 3 is 2.09 bits per heavy atom. The molecule has 1 atom stereocenters. The van der Waals surface area contributed by atoms with Crippen LogP contribution in [0.15, 0.2) is 65.5 Å². The van der Waals surface area contributed by atoms with E-state index in [0.717, 1.165) is 17.1 Å². The van der Waals surface area contributed by atoms with Crippen molar-refractivity contribution in [3.63, 3.8) is 0 Å². The molecular formula is C25H29N3O5. The molecule has 0 saturated heterocycles. The molecule has 1 heterocycles. The molecule has 3 rings (SSSR count). The third-order valence-corrected chi connectivity index (χ3v) is 4.77. The quantitative estimate of drug-likeness (QED) is 0.481. The van der Waals surface area contributed by atoms with Crippen LogP contribution in [-0.2, 0) is 11.3 Å². The molecule has 8 nitrogen and oxygen atoms in total. The summed E-state index contributed by atoms with van der Waals surface area (Å²) in [5.41, 5.74) is 1.29. The second kappa shape index (κ2) is 11.7. The Morgan fingerprint density at radius 1 is 0.909 bits per heavy atom. The molecule has 33 heavy (non-hydrogen) atoms. The SMILES string of the molecule is CCOc1ccc(OC(C)C(=O)NCCn2nc(-c3ccc(OCC)cc3)ccc2=O)cc1. The predicted octanol–water partition coefficient (Wildman–Crippen LogP) is 3.29. The van der Waals surface area contributed by atoms with E-state index in [2.05, 4.69) is 10.4 Å². The monoisotopic (exact) mass is 451 g/mol. The van der Waals surface area contributed by atoms with Crippen LogP contribution < -0.4 is 25.1 Å². The van der Waals surface area contributed by atoms with Gasteiger partial charge < -0.3 is 19.5 Å². The summed E-state index contributed by atoms with van der Waals surface area (Å²) < 4.78 is 17.9. The highest BCUT2D eigenvalue weighted by molar-refractivity contribution is 5.80. The Morgan fingerprint density at radius 2 is 1.48 bits per heavy atom. The van der Waals surface area contributed by atoms with Gasteiger partial charge in [0.05, 0.1) is 25.5 Å². The summed E-state index contributed by atoms with van der Waals surface area (Å²) in [5, 5.41) is 7.21. The van der Waals surface area contributed by atoms with E-state index >= 15 is 0 Å². The van der Waals surface area contributed by atoms with Gasteiger partial charge >= 0.3 is 0 Å². The summed E-state index contributed by atoms with van der Waals surface area (Å²) in [7, 11) is 0. The maximum atomic E-state index is 12.4. The van der Waals surface area contributed by atoms with Crippen molar-refractivity contribution in [2.24, 2.45) is 0 Å². The molecule has 1 unspecified atom stereocenters. The number of ether oxygens (including phenoxy) is 3. The fraction of sp³-hybridized carbons (Fsp3) is 0.320. The van der Waals surface area contributed by atoms with E-state index in [9.17, 15) is 9.59 Å². The standard InChI is InChI=1S/C25H29N3O5/c1-4-31-20-8-6-19(7-9-20)23-14-15-24(29)28(27-23)17-16-26-25(30)18(3)33-22-12-10-21(11-13-22)32-5-2/h6-15,18H,4-5,16-17H2,1-3H3,(H,26,30). The van der Waals surface area contributed by atoms with Crippen molar-refractivity contribution in [3.05, 3.63) is 71.0 Å². The second-order valence-electron chi connectivity index (χ2n) is 7.19. The first kappa shape index (κ1) is 23.8. The number of nitrogens with one attached hydrogen (secondary N) is 1. The summed E-state index contributed by atoms with van der Waals surface area (Å²) in [6, 6.07) is 17.8. The lowest BCUT2D eigenvalue weighted by atomic mass is 10.1. The van der Waals surface area contributed by atoms with Gasteiger partial charge in [-0.3, -0.25) is 9.59 Å². The van der Waals surface area contributed by atoms with E-state index in [4.69, 9.17) is 14.2 Å². The zero-order chi connectivity index (χ0) is 23.6. The van der Waals surface area contributed by atoms with E-state index in [0.29, 0.717) is 24.7 Å². The highest BCUT2D eigenvalue weighted by Gasteiger charge is 2.14. The van der Waals surface area contributed by atoms with Crippen molar-refractivity contribution < 1.29 is 19.0 Å². The summed E-state index contributed by atoms with van der Waals surface area (Å²) in [6.07, 6.45) is -0.692. The number of benzene rings is 2. The van der Waals surface area contributed by atoms with Gasteiger partial charge in [-0.05, 0) is 75.4 Å². The maximum Gasteiger partial charge on any atom is 0.266 e. The maximum absolute atomic E-state index is 12.4. The number of aromatic nitrogens is 2. The molecule has 0 spiro atoms. The smallest absolute Gasteiger partial charge is 0.266 e. The second-order valence-corrected chi connectivity index (χ2v) is 7.19. The number of amides is 1. The highest BCUT2D eigenvalue weighted by Crippen LogP contribution is 2.20. The van der Waals surface area contributed by atoms with Gasteiger partial charge in [-0.15, -0.1) is 0 Å². The van der Waals surface area contributed by atoms with Gasteiger partial charge in [-0.2, -0.15) is 5.10 Å². The van der Waals surface area contributed by atoms with Gasteiger partial charge in [0.2, 0.25) is 0 Å². The molecule has 1 aromatic heterocycles. The van der Waals surface area contributed by atoms with Crippen molar-refractivity contribution in [1.29, 1.82) is 0 Å². The molecule has 2 aromatic carbocycles. The Balaban J connectivity index is 1.54. The molecule has 174 valence electrons. The summed E-state index contributed by atoms with van der Waals surface area (Å²) in [6.45, 7) is 7.18. The molecule has 1 N–H and O–H groups in total. The van der Waals surface area contributed by atoms with Crippen LogP contribution >= 0.6 is 0 Å². The Labute approximate surface area is 193 Å². The zero-order valence-electron chi connectivity index (χ0n) is 19.1. The van der Waals surface area contributed by atoms with Crippen molar-refractivity contribution >= 4 is 5.91 Å². The molecule has 0 bridgehead atoms. The van der Waals surface area contributed by atoms with Crippen LogP contribution in [0.3, 0.4) is 0 Å². The van der Waals surface area contributed by atoms with Crippen LogP contribution in [0.5, 0.6) is 17.2 Å². The molecule has 0 aliphatic rings. The largest absolute Gasteiger partial charge is 0.494 e. The molecule has 0 fully saturated rings. The van der Waals surface area contributed by atoms with Crippen LogP contribution in [0.2, 0.25) is 0 Å². The van der Waals surface area contributed by atoms with Crippen molar-refractivity contribution in [2.75, 3.05) is 19.8 Å². The van der Waals surface area contributed by atoms with E-state index in [1.54, 1.807) is 37.3 Å². The molecule has 0 aliphatic carbocycles. The third-order valence-electron chi connectivity index (χ3n) is 4.77. The average Bonchev–Trinajstić information content (AvgIpc) is 2.82. The van der Waals surface area contributed by atoms with Crippen molar-refractivity contribution in [3.8, 4) is 28.5 Å². The minimum atomic E-state index is -0.692. The van der Waals surface area contributed by atoms with Gasteiger partial charge in [0, 0.05) is 18.2 Å². The molecule has 0 aliphatic heterocycles. The Hall–Kier alpha value is -3.81. The first-order chi connectivity index (χ1) is 16.0. The van der Waals surface area contributed by atoms with Crippen molar-refractivity contribution in [1.82, 2.24) is 15.1 Å². The van der Waals surface area contributed by atoms with Crippen LogP contribution in [0, 0.1) is 0 Å². The summed E-state index contributed by atoms with van der Waals surface area (Å²) in [4.78, 5) is 24.6. The lowest BCUT2D eigenvalue weighted by Gasteiger charge is -2.15. The fourth-order valence-electron chi connectivity index (χ4n) is 3.12. The average molecular weight is 452 g/mol. The lowest BCUT2D eigenvalue weighted by Crippen LogP contribution is -2.39. The third kappa shape index (κ3) is 6.83. The Kier molecular flexibility index (Phi) is 8.46. The zero-order valence-corrected chi connectivity index (χ0v) is 19.1. The number of hydrogen-bond acceptors (Lipinski definition) is 6. The topological polar surface area (TPSA) is 91.7 Å². The van der Waals surface area contributed by atoms with Crippen LogP contribution in [0.4, 0.5) is 0 Å². The lowest BCUT2D eigenvalue weighted by molar-refractivity contribution is -0.127. The summed E-state index contributed by atoms with van der Waals surface area (Å²) in [5.74, 6) is 1.81. The van der Waals surface area contributed by atoms with E-state index in [1.165, 1.54) is 10.7 Å². The van der Waals surface area contributed by atoms with E-state index in [1.807, 2.05) is 38.1 Å². The van der Waals surface area contributed by atoms with Crippen LogP contribution in [0.25, 0.3) is 11.3 Å². The number of rotatable bonds is 11. The molecule has 0 saturated carbocycles.